The molecule has 0 radical (unpaired) electrons. The van der Waals surface area contributed by atoms with Gasteiger partial charge in [-0.1, -0.05) is 25.5 Å². The van der Waals surface area contributed by atoms with Gasteiger partial charge in [0.1, 0.15) is 18.1 Å². The first-order valence-electron chi connectivity index (χ1n) is 10.4. The van der Waals surface area contributed by atoms with Crippen molar-refractivity contribution in [2.45, 2.75) is 50.9 Å². The van der Waals surface area contributed by atoms with Gasteiger partial charge in [0.2, 0.25) is 5.09 Å². The molecular formula is C22H27N3O6S. The van der Waals surface area contributed by atoms with Crippen molar-refractivity contribution < 1.29 is 22.4 Å². The van der Waals surface area contributed by atoms with E-state index in [-0.39, 0.29) is 35.9 Å². The highest BCUT2D eigenvalue weighted by molar-refractivity contribution is 7.88. The molecule has 10 heteroatoms. The number of hydrogen-bond donors (Lipinski definition) is 0. The van der Waals surface area contributed by atoms with Crippen LogP contribution < -0.4 is 5.56 Å². The number of ether oxygens (including phenoxy) is 1. The second-order valence-electron chi connectivity index (χ2n) is 7.53. The van der Waals surface area contributed by atoms with Crippen LogP contribution in [0.4, 0.5) is 0 Å². The van der Waals surface area contributed by atoms with E-state index in [9.17, 15) is 18.0 Å². The number of esters is 1. The summed E-state index contributed by atoms with van der Waals surface area (Å²) in [4.78, 5) is 29.6. The Morgan fingerprint density at radius 3 is 2.66 bits per heavy atom. The first kappa shape index (κ1) is 23.7. The third-order valence-corrected chi connectivity index (χ3v) is 6.66. The highest BCUT2D eigenvalue weighted by Crippen LogP contribution is 2.18. The van der Waals surface area contributed by atoms with Crippen LogP contribution in [0.15, 0.2) is 50.7 Å². The summed E-state index contributed by atoms with van der Waals surface area (Å²) in [5, 5.41) is -0.221. The van der Waals surface area contributed by atoms with Gasteiger partial charge in [-0.05, 0) is 30.7 Å². The Labute approximate surface area is 186 Å². The summed E-state index contributed by atoms with van der Waals surface area (Å²) in [5.41, 5.74) is 1.60. The van der Waals surface area contributed by atoms with Crippen LogP contribution >= 0.6 is 0 Å². The third kappa shape index (κ3) is 5.25. The molecule has 3 aromatic rings. The van der Waals surface area contributed by atoms with E-state index in [0.29, 0.717) is 17.8 Å². The molecule has 0 atom stereocenters. The van der Waals surface area contributed by atoms with Crippen LogP contribution in [0.2, 0.25) is 0 Å². The zero-order chi connectivity index (χ0) is 23.3. The van der Waals surface area contributed by atoms with Crippen molar-refractivity contribution >= 4 is 27.0 Å². The standard InChI is InChI=1S/C22H27N3O6S/c1-4-5-14-25-19-9-7-6-8-17(19)23-18(22(25)27)11-12-20(26)30-15-16-10-13-21(31-16)32(28,29)24(2)3/h6-10,13H,4-5,11-12,14-15H2,1-3H3. The van der Waals surface area contributed by atoms with Crippen molar-refractivity contribution in [3.8, 4) is 0 Å². The Morgan fingerprint density at radius 2 is 1.94 bits per heavy atom. The number of carbonyl (C=O) groups is 1. The number of fused-ring (bicyclic) bond motifs is 1. The molecular weight excluding hydrogens is 434 g/mol. The first-order chi connectivity index (χ1) is 15.2. The van der Waals surface area contributed by atoms with Crippen molar-refractivity contribution in [3.05, 3.63) is 58.2 Å². The van der Waals surface area contributed by atoms with Crippen molar-refractivity contribution in [2.75, 3.05) is 14.1 Å². The van der Waals surface area contributed by atoms with E-state index in [0.717, 1.165) is 22.7 Å². The normalized spacial score (nSPS) is 11.9. The number of rotatable bonds is 10. The minimum absolute atomic E-state index is 0.0298. The molecule has 0 bridgehead atoms. The number of sulfonamides is 1. The molecule has 2 heterocycles. The highest BCUT2D eigenvalue weighted by Gasteiger charge is 2.22. The Balaban J connectivity index is 1.66. The number of furan rings is 1. The first-order valence-corrected chi connectivity index (χ1v) is 11.8. The van der Waals surface area contributed by atoms with Gasteiger partial charge in [-0.2, -0.15) is 0 Å². The third-order valence-electron chi connectivity index (χ3n) is 4.97. The van der Waals surface area contributed by atoms with E-state index in [1.54, 1.807) is 4.57 Å². The van der Waals surface area contributed by atoms with E-state index in [2.05, 4.69) is 11.9 Å². The fourth-order valence-electron chi connectivity index (χ4n) is 3.15. The van der Waals surface area contributed by atoms with Gasteiger partial charge >= 0.3 is 5.97 Å². The number of aryl methyl sites for hydroxylation is 2. The Bertz CT molecular complexity index is 1260. The largest absolute Gasteiger partial charge is 0.457 e. The van der Waals surface area contributed by atoms with E-state index >= 15 is 0 Å². The number of carbonyl (C=O) groups excluding carboxylic acids is 1. The summed E-state index contributed by atoms with van der Waals surface area (Å²) in [6.07, 6.45) is 1.93. The van der Waals surface area contributed by atoms with Crippen molar-refractivity contribution in [1.82, 2.24) is 13.9 Å². The minimum atomic E-state index is -3.69. The van der Waals surface area contributed by atoms with Crippen LogP contribution in [0.3, 0.4) is 0 Å². The van der Waals surface area contributed by atoms with Gasteiger partial charge in [-0.25, -0.2) is 17.7 Å². The molecule has 0 N–H and O–H groups in total. The summed E-state index contributed by atoms with van der Waals surface area (Å²) < 4.78 is 37.3. The van der Waals surface area contributed by atoms with Gasteiger partial charge in [-0.3, -0.25) is 9.59 Å². The molecule has 0 amide bonds. The second kappa shape index (κ2) is 10.1. The lowest BCUT2D eigenvalue weighted by Gasteiger charge is -2.11. The predicted molar refractivity (Wildman–Crippen MR) is 119 cm³/mol. The van der Waals surface area contributed by atoms with Gasteiger partial charge < -0.3 is 13.7 Å². The van der Waals surface area contributed by atoms with Gasteiger partial charge in [0.05, 0.1) is 17.5 Å². The number of unbranched alkanes of at least 4 members (excludes halogenated alkanes) is 1. The van der Waals surface area contributed by atoms with E-state index in [1.807, 2.05) is 24.3 Å². The topological polar surface area (TPSA) is 112 Å². The van der Waals surface area contributed by atoms with Gasteiger partial charge in [0.15, 0.2) is 0 Å². The molecule has 0 unspecified atom stereocenters. The summed E-state index contributed by atoms with van der Waals surface area (Å²) in [7, 11) is -0.899. The number of benzene rings is 1. The van der Waals surface area contributed by atoms with Crippen LogP contribution in [-0.4, -0.2) is 42.3 Å². The van der Waals surface area contributed by atoms with Crippen LogP contribution in [0, 0.1) is 0 Å². The average Bonchev–Trinajstić information content (AvgIpc) is 3.25. The molecule has 0 aliphatic carbocycles. The predicted octanol–water partition coefficient (Wildman–Crippen LogP) is 2.72. The van der Waals surface area contributed by atoms with Crippen LogP contribution in [0.1, 0.15) is 37.6 Å². The second-order valence-corrected chi connectivity index (χ2v) is 9.61. The molecule has 172 valence electrons. The Hall–Kier alpha value is -2.98. The number of para-hydroxylation sites is 2. The summed E-state index contributed by atoms with van der Waals surface area (Å²) in [5.74, 6) is -0.322. The lowest BCUT2D eigenvalue weighted by Crippen LogP contribution is -2.26. The molecule has 2 aromatic heterocycles. The maximum absolute atomic E-state index is 12.9. The van der Waals surface area contributed by atoms with Crippen molar-refractivity contribution in [2.24, 2.45) is 0 Å². The maximum Gasteiger partial charge on any atom is 0.306 e. The summed E-state index contributed by atoms with van der Waals surface area (Å²) in [6.45, 7) is 2.45. The number of nitrogens with zero attached hydrogens (tertiary/aromatic N) is 3. The smallest absolute Gasteiger partial charge is 0.306 e. The molecule has 3 rings (SSSR count). The van der Waals surface area contributed by atoms with Crippen LogP contribution in [0.25, 0.3) is 11.0 Å². The van der Waals surface area contributed by atoms with Crippen molar-refractivity contribution in [1.29, 1.82) is 0 Å². The number of aromatic nitrogens is 2. The van der Waals surface area contributed by atoms with E-state index < -0.39 is 16.0 Å². The molecule has 0 aliphatic heterocycles. The maximum atomic E-state index is 12.9. The molecule has 0 saturated heterocycles. The molecule has 9 nitrogen and oxygen atoms in total. The fraction of sp³-hybridized carbons (Fsp3) is 0.409. The molecule has 1 aromatic carbocycles. The fourth-order valence-corrected chi connectivity index (χ4v) is 3.96. The summed E-state index contributed by atoms with van der Waals surface area (Å²) >= 11 is 0. The summed E-state index contributed by atoms with van der Waals surface area (Å²) in [6, 6.07) is 10.2. The SMILES string of the molecule is CCCCn1c(=O)c(CCC(=O)OCc2ccc(S(=O)(=O)N(C)C)o2)nc2ccccc21. The number of hydrogen-bond acceptors (Lipinski definition) is 7. The lowest BCUT2D eigenvalue weighted by atomic mass is 10.2. The van der Waals surface area contributed by atoms with Crippen molar-refractivity contribution in [3.63, 3.8) is 0 Å². The zero-order valence-corrected chi connectivity index (χ0v) is 19.2. The Morgan fingerprint density at radius 1 is 1.19 bits per heavy atom. The molecule has 0 fully saturated rings. The molecule has 0 saturated carbocycles. The van der Waals surface area contributed by atoms with Gasteiger partial charge in [-0.15, -0.1) is 0 Å². The van der Waals surface area contributed by atoms with Gasteiger partial charge in [0, 0.05) is 27.1 Å². The van der Waals surface area contributed by atoms with Crippen LogP contribution in [0.5, 0.6) is 0 Å². The Kier molecular flexibility index (Phi) is 7.47. The molecule has 32 heavy (non-hydrogen) atoms. The monoisotopic (exact) mass is 461 g/mol. The molecule has 0 spiro atoms. The minimum Gasteiger partial charge on any atom is -0.457 e. The zero-order valence-electron chi connectivity index (χ0n) is 18.4. The van der Waals surface area contributed by atoms with Crippen LogP contribution in [-0.2, 0) is 39.1 Å². The van der Waals surface area contributed by atoms with E-state index in [4.69, 9.17) is 9.15 Å². The lowest BCUT2D eigenvalue weighted by molar-refractivity contribution is -0.145. The average molecular weight is 462 g/mol. The van der Waals surface area contributed by atoms with E-state index in [1.165, 1.54) is 26.2 Å². The highest BCUT2D eigenvalue weighted by atomic mass is 32.2. The van der Waals surface area contributed by atoms with Gasteiger partial charge in [0.25, 0.3) is 15.6 Å². The molecule has 0 aliphatic rings. The quantitative estimate of drug-likeness (QED) is 0.427.